The molecule has 180 valence electrons. The Balaban J connectivity index is 1.22. The van der Waals surface area contributed by atoms with Gasteiger partial charge in [-0.1, -0.05) is 42.5 Å². The van der Waals surface area contributed by atoms with E-state index in [4.69, 9.17) is 5.73 Å². The number of hydrogen-bond acceptors (Lipinski definition) is 6. The Hall–Kier alpha value is -3.56. The lowest BCUT2D eigenvalue weighted by atomic mass is 10.1. The van der Waals surface area contributed by atoms with Crippen LogP contribution in [0.2, 0.25) is 0 Å². The van der Waals surface area contributed by atoms with Crippen molar-refractivity contribution in [3.05, 3.63) is 71.1 Å². The summed E-state index contributed by atoms with van der Waals surface area (Å²) in [5.74, 6) is -0.573. The number of carbonyl (C=O) groups is 3. The van der Waals surface area contributed by atoms with Crippen LogP contribution < -0.4 is 16.4 Å². The number of amides is 3. The van der Waals surface area contributed by atoms with Crippen LogP contribution in [0.1, 0.15) is 47.6 Å². The number of likely N-dealkylation sites (tertiary alicyclic amines) is 1. The Morgan fingerprint density at radius 1 is 1.03 bits per heavy atom. The standard InChI is InChI=1S/C26H27N5O3S/c27-22(17-5-2-1-3-6-17)25(34)31-14-4-7-21(31)24(33)30-26-29-20(15-35-26)16-8-10-18(11-9-16)23(32)28-19-12-13-19/h1-3,5-6,8-11,15,19,21-22H,4,7,12-14,27H2,(H,28,32)(H,29,30,33). The van der Waals surface area contributed by atoms with E-state index in [9.17, 15) is 14.4 Å². The highest BCUT2D eigenvalue weighted by Crippen LogP contribution is 2.28. The average molecular weight is 490 g/mol. The summed E-state index contributed by atoms with van der Waals surface area (Å²) in [5.41, 5.74) is 9.11. The third-order valence-electron chi connectivity index (χ3n) is 6.35. The Labute approximate surface area is 207 Å². The molecule has 2 atom stereocenters. The molecule has 9 heteroatoms. The van der Waals surface area contributed by atoms with Crippen molar-refractivity contribution >= 4 is 34.2 Å². The molecule has 1 aliphatic carbocycles. The topological polar surface area (TPSA) is 117 Å². The van der Waals surface area contributed by atoms with Crippen LogP contribution in [0.25, 0.3) is 11.3 Å². The van der Waals surface area contributed by atoms with Crippen molar-refractivity contribution in [3.8, 4) is 11.3 Å². The number of nitrogens with zero attached hydrogens (tertiary/aromatic N) is 2. The van der Waals surface area contributed by atoms with Gasteiger partial charge in [-0.05, 0) is 43.4 Å². The number of thiazole rings is 1. The molecular weight excluding hydrogens is 462 g/mol. The first-order chi connectivity index (χ1) is 17.0. The minimum Gasteiger partial charge on any atom is -0.349 e. The first-order valence-corrected chi connectivity index (χ1v) is 12.7. The molecule has 2 aromatic carbocycles. The van der Waals surface area contributed by atoms with E-state index in [1.807, 2.05) is 47.8 Å². The molecule has 1 saturated carbocycles. The molecule has 5 rings (SSSR count). The quantitative estimate of drug-likeness (QED) is 0.471. The molecule has 2 aliphatic rings. The molecule has 3 amide bonds. The van der Waals surface area contributed by atoms with Gasteiger partial charge in [-0.15, -0.1) is 11.3 Å². The fraction of sp³-hybridized carbons (Fsp3) is 0.308. The number of benzene rings is 2. The molecule has 0 radical (unpaired) electrons. The summed E-state index contributed by atoms with van der Waals surface area (Å²) in [7, 11) is 0. The maximum atomic E-state index is 13.0. The van der Waals surface area contributed by atoms with Crippen LogP contribution in [0.3, 0.4) is 0 Å². The fourth-order valence-electron chi connectivity index (χ4n) is 4.23. The summed E-state index contributed by atoms with van der Waals surface area (Å²) in [6, 6.07) is 15.4. The predicted molar refractivity (Wildman–Crippen MR) is 135 cm³/mol. The highest BCUT2D eigenvalue weighted by atomic mass is 32.1. The SMILES string of the molecule is NC(C(=O)N1CCCC1C(=O)Nc1nc(-c2ccc(C(=O)NC3CC3)cc2)cs1)c1ccccc1. The van der Waals surface area contributed by atoms with E-state index in [0.717, 1.165) is 30.4 Å². The Morgan fingerprint density at radius 2 is 1.77 bits per heavy atom. The smallest absolute Gasteiger partial charge is 0.251 e. The third kappa shape index (κ3) is 5.26. The fourth-order valence-corrected chi connectivity index (χ4v) is 4.95. The van der Waals surface area contributed by atoms with Crippen molar-refractivity contribution in [2.45, 2.75) is 43.8 Å². The van der Waals surface area contributed by atoms with Gasteiger partial charge in [0.25, 0.3) is 5.91 Å². The number of hydrogen-bond donors (Lipinski definition) is 3. The van der Waals surface area contributed by atoms with Crippen molar-refractivity contribution in [2.75, 3.05) is 11.9 Å². The van der Waals surface area contributed by atoms with Crippen molar-refractivity contribution < 1.29 is 14.4 Å². The second-order valence-electron chi connectivity index (χ2n) is 8.93. The van der Waals surface area contributed by atoms with E-state index in [2.05, 4.69) is 15.6 Å². The van der Waals surface area contributed by atoms with Crippen LogP contribution in [-0.2, 0) is 9.59 Å². The number of nitrogens with one attached hydrogen (secondary N) is 2. The van der Waals surface area contributed by atoms with Gasteiger partial charge in [-0.25, -0.2) is 4.98 Å². The number of anilines is 1. The Morgan fingerprint density at radius 3 is 2.49 bits per heavy atom. The van der Waals surface area contributed by atoms with Gasteiger partial charge in [-0.2, -0.15) is 0 Å². The minimum atomic E-state index is -0.801. The Kier molecular flexibility index (Phi) is 6.61. The number of carbonyl (C=O) groups excluding carboxylic acids is 3. The molecule has 3 aromatic rings. The zero-order chi connectivity index (χ0) is 24.4. The van der Waals surface area contributed by atoms with Crippen LogP contribution >= 0.6 is 11.3 Å². The highest BCUT2D eigenvalue weighted by Gasteiger charge is 2.36. The van der Waals surface area contributed by atoms with E-state index in [1.165, 1.54) is 11.3 Å². The average Bonchev–Trinajstić information content (AvgIpc) is 3.36. The molecule has 2 unspecified atom stereocenters. The van der Waals surface area contributed by atoms with E-state index < -0.39 is 12.1 Å². The number of nitrogens with two attached hydrogens (primary N) is 1. The van der Waals surface area contributed by atoms with Crippen LogP contribution in [-0.4, -0.2) is 46.2 Å². The molecule has 8 nitrogen and oxygen atoms in total. The van der Waals surface area contributed by atoms with Crippen molar-refractivity contribution in [1.82, 2.24) is 15.2 Å². The lowest BCUT2D eigenvalue weighted by Gasteiger charge is -2.26. The summed E-state index contributed by atoms with van der Waals surface area (Å²) < 4.78 is 0. The molecule has 0 spiro atoms. The van der Waals surface area contributed by atoms with Gasteiger partial charge >= 0.3 is 0 Å². The normalized spacial score (nSPS) is 18.2. The van der Waals surface area contributed by atoms with Gasteiger partial charge in [0, 0.05) is 29.1 Å². The van der Waals surface area contributed by atoms with E-state index in [1.54, 1.807) is 17.0 Å². The first kappa shape index (κ1) is 23.2. The third-order valence-corrected chi connectivity index (χ3v) is 7.11. The monoisotopic (exact) mass is 489 g/mol. The summed E-state index contributed by atoms with van der Waals surface area (Å²) in [6.45, 7) is 0.501. The molecule has 35 heavy (non-hydrogen) atoms. The summed E-state index contributed by atoms with van der Waals surface area (Å²) in [4.78, 5) is 44.3. The highest BCUT2D eigenvalue weighted by molar-refractivity contribution is 7.14. The van der Waals surface area contributed by atoms with Gasteiger partial charge in [0.1, 0.15) is 12.1 Å². The van der Waals surface area contributed by atoms with E-state index >= 15 is 0 Å². The Bertz CT molecular complexity index is 1220. The molecule has 2 heterocycles. The number of aromatic nitrogens is 1. The second-order valence-corrected chi connectivity index (χ2v) is 9.79. The molecule has 1 aromatic heterocycles. The second kappa shape index (κ2) is 9.97. The van der Waals surface area contributed by atoms with Crippen LogP contribution in [0.4, 0.5) is 5.13 Å². The maximum Gasteiger partial charge on any atom is 0.251 e. The predicted octanol–water partition coefficient (Wildman–Crippen LogP) is 3.33. The van der Waals surface area contributed by atoms with Gasteiger partial charge in [0.05, 0.1) is 5.69 Å². The van der Waals surface area contributed by atoms with Crippen LogP contribution in [0.15, 0.2) is 60.0 Å². The van der Waals surface area contributed by atoms with E-state index in [-0.39, 0.29) is 17.7 Å². The first-order valence-electron chi connectivity index (χ1n) is 11.8. The van der Waals surface area contributed by atoms with Crippen molar-refractivity contribution in [3.63, 3.8) is 0 Å². The lowest BCUT2D eigenvalue weighted by Crippen LogP contribution is -2.46. The minimum absolute atomic E-state index is 0.0621. The largest absolute Gasteiger partial charge is 0.349 e. The lowest BCUT2D eigenvalue weighted by molar-refractivity contribution is -0.137. The van der Waals surface area contributed by atoms with Gasteiger partial charge in [-0.3, -0.25) is 14.4 Å². The molecule has 1 saturated heterocycles. The summed E-state index contributed by atoms with van der Waals surface area (Å²) in [5, 5.41) is 8.16. The molecule has 1 aliphatic heterocycles. The van der Waals surface area contributed by atoms with E-state index in [0.29, 0.717) is 35.4 Å². The van der Waals surface area contributed by atoms with Gasteiger partial charge in [0.15, 0.2) is 5.13 Å². The molecule has 2 fully saturated rings. The summed E-state index contributed by atoms with van der Waals surface area (Å²) in [6.07, 6.45) is 3.42. The van der Waals surface area contributed by atoms with Crippen molar-refractivity contribution in [2.24, 2.45) is 5.73 Å². The van der Waals surface area contributed by atoms with Crippen LogP contribution in [0, 0.1) is 0 Å². The van der Waals surface area contributed by atoms with Gasteiger partial charge in [0.2, 0.25) is 11.8 Å². The molecular formula is C26H27N5O3S. The zero-order valence-electron chi connectivity index (χ0n) is 19.1. The molecule has 4 N–H and O–H groups in total. The zero-order valence-corrected chi connectivity index (χ0v) is 20.0. The summed E-state index contributed by atoms with van der Waals surface area (Å²) >= 11 is 1.32. The van der Waals surface area contributed by atoms with Crippen LogP contribution in [0.5, 0.6) is 0 Å². The maximum absolute atomic E-state index is 13.0. The number of rotatable bonds is 7. The molecule has 0 bridgehead atoms. The van der Waals surface area contributed by atoms with Crippen molar-refractivity contribution in [1.29, 1.82) is 0 Å². The van der Waals surface area contributed by atoms with Gasteiger partial charge < -0.3 is 21.3 Å².